The smallest absolute Gasteiger partial charge is 0.237 e. The SMILES string of the molecule is COc1cccc(CNC(=O)C(C)N(C)Cc2cnn(-c3ccccc3)c2)c1. The third kappa shape index (κ3) is 4.98. The Morgan fingerprint density at radius 2 is 1.96 bits per heavy atom. The van der Waals surface area contributed by atoms with Gasteiger partial charge in [0.15, 0.2) is 0 Å². The lowest BCUT2D eigenvalue weighted by atomic mass is 10.2. The summed E-state index contributed by atoms with van der Waals surface area (Å²) in [7, 11) is 3.57. The van der Waals surface area contributed by atoms with Gasteiger partial charge in [0.2, 0.25) is 5.91 Å². The van der Waals surface area contributed by atoms with Crippen molar-refractivity contribution >= 4 is 5.91 Å². The molecule has 0 spiro atoms. The van der Waals surface area contributed by atoms with Crippen LogP contribution in [0.15, 0.2) is 67.0 Å². The minimum Gasteiger partial charge on any atom is -0.497 e. The summed E-state index contributed by atoms with van der Waals surface area (Å²) in [4.78, 5) is 14.5. The summed E-state index contributed by atoms with van der Waals surface area (Å²) in [5.74, 6) is 0.771. The first-order chi connectivity index (χ1) is 13.6. The zero-order valence-electron chi connectivity index (χ0n) is 16.5. The Bertz CT molecular complexity index is 908. The molecule has 0 saturated carbocycles. The number of hydrogen-bond donors (Lipinski definition) is 1. The van der Waals surface area contributed by atoms with Gasteiger partial charge in [0.25, 0.3) is 0 Å². The van der Waals surface area contributed by atoms with E-state index in [-0.39, 0.29) is 11.9 Å². The van der Waals surface area contributed by atoms with Gasteiger partial charge >= 0.3 is 0 Å². The lowest BCUT2D eigenvalue weighted by Crippen LogP contribution is -2.42. The molecule has 0 aliphatic rings. The molecule has 1 heterocycles. The van der Waals surface area contributed by atoms with Crippen molar-refractivity contribution in [3.63, 3.8) is 0 Å². The molecule has 28 heavy (non-hydrogen) atoms. The molecule has 0 radical (unpaired) electrons. The highest BCUT2D eigenvalue weighted by atomic mass is 16.5. The highest BCUT2D eigenvalue weighted by Crippen LogP contribution is 2.13. The number of rotatable bonds is 8. The van der Waals surface area contributed by atoms with Crippen LogP contribution in [-0.2, 0) is 17.9 Å². The summed E-state index contributed by atoms with van der Waals surface area (Å²) in [5, 5.41) is 7.40. The normalized spacial score (nSPS) is 12.0. The summed E-state index contributed by atoms with van der Waals surface area (Å²) in [6.45, 7) is 3.02. The van der Waals surface area contributed by atoms with Crippen LogP contribution in [0.2, 0.25) is 0 Å². The molecule has 6 nitrogen and oxygen atoms in total. The minimum absolute atomic E-state index is 0.0132. The van der Waals surface area contributed by atoms with E-state index in [2.05, 4.69) is 10.4 Å². The number of carbonyl (C=O) groups excluding carboxylic acids is 1. The molecular formula is C22H26N4O2. The van der Waals surface area contributed by atoms with E-state index in [0.717, 1.165) is 22.6 Å². The Labute approximate surface area is 165 Å². The van der Waals surface area contributed by atoms with Crippen LogP contribution in [-0.4, -0.2) is 40.8 Å². The van der Waals surface area contributed by atoms with Crippen molar-refractivity contribution < 1.29 is 9.53 Å². The highest BCUT2D eigenvalue weighted by molar-refractivity contribution is 5.81. The Balaban J connectivity index is 1.54. The predicted octanol–water partition coefficient (Wildman–Crippen LogP) is 3.02. The molecule has 1 amide bonds. The molecule has 0 fully saturated rings. The number of methoxy groups -OCH3 is 1. The van der Waals surface area contributed by atoms with Gasteiger partial charge in [-0.3, -0.25) is 9.69 Å². The van der Waals surface area contributed by atoms with Gasteiger partial charge in [0.05, 0.1) is 25.0 Å². The van der Waals surface area contributed by atoms with E-state index in [1.54, 1.807) is 7.11 Å². The average molecular weight is 378 g/mol. The fourth-order valence-corrected chi connectivity index (χ4v) is 2.91. The lowest BCUT2D eigenvalue weighted by molar-refractivity contribution is -0.125. The molecule has 146 valence electrons. The monoisotopic (exact) mass is 378 g/mol. The van der Waals surface area contributed by atoms with E-state index in [1.165, 1.54) is 0 Å². The molecule has 1 N–H and O–H groups in total. The van der Waals surface area contributed by atoms with Gasteiger partial charge in [0.1, 0.15) is 5.75 Å². The van der Waals surface area contributed by atoms with Gasteiger partial charge in [-0.15, -0.1) is 0 Å². The second-order valence-electron chi connectivity index (χ2n) is 6.79. The Hall–Kier alpha value is -3.12. The molecule has 2 aromatic carbocycles. The summed E-state index contributed by atoms with van der Waals surface area (Å²) in [6, 6.07) is 17.4. The van der Waals surface area contributed by atoms with Gasteiger partial charge in [-0.25, -0.2) is 4.68 Å². The van der Waals surface area contributed by atoms with Crippen LogP contribution < -0.4 is 10.1 Å². The van der Waals surface area contributed by atoms with Crippen molar-refractivity contribution in [3.05, 3.63) is 78.1 Å². The topological polar surface area (TPSA) is 59.4 Å². The largest absolute Gasteiger partial charge is 0.497 e. The van der Waals surface area contributed by atoms with E-state index in [4.69, 9.17) is 4.74 Å². The summed E-state index contributed by atoms with van der Waals surface area (Å²) in [6.07, 6.45) is 3.83. The lowest BCUT2D eigenvalue weighted by Gasteiger charge is -2.23. The van der Waals surface area contributed by atoms with Gasteiger partial charge in [-0.05, 0) is 43.8 Å². The number of carbonyl (C=O) groups is 1. The summed E-state index contributed by atoms with van der Waals surface area (Å²) >= 11 is 0. The molecule has 1 unspecified atom stereocenters. The molecule has 1 atom stereocenters. The first-order valence-electron chi connectivity index (χ1n) is 9.26. The predicted molar refractivity (Wildman–Crippen MR) is 109 cm³/mol. The van der Waals surface area contributed by atoms with Crippen LogP contribution in [0, 0.1) is 0 Å². The number of hydrogen-bond acceptors (Lipinski definition) is 4. The third-order valence-electron chi connectivity index (χ3n) is 4.73. The van der Waals surface area contributed by atoms with Crippen LogP contribution >= 0.6 is 0 Å². The first kappa shape index (κ1) is 19.6. The van der Waals surface area contributed by atoms with Gasteiger partial charge < -0.3 is 10.1 Å². The van der Waals surface area contributed by atoms with E-state index < -0.39 is 0 Å². The Morgan fingerprint density at radius 1 is 1.18 bits per heavy atom. The average Bonchev–Trinajstić information content (AvgIpc) is 3.20. The van der Waals surface area contributed by atoms with Gasteiger partial charge in [0, 0.05) is 24.8 Å². The van der Waals surface area contributed by atoms with E-state index in [0.29, 0.717) is 13.1 Å². The van der Waals surface area contributed by atoms with E-state index in [9.17, 15) is 4.79 Å². The summed E-state index contributed by atoms with van der Waals surface area (Å²) in [5.41, 5.74) is 3.07. The standard InChI is InChI=1S/C22H26N4O2/c1-17(22(27)23-13-18-8-7-11-21(12-18)28-3)25(2)15-19-14-24-26(16-19)20-9-5-4-6-10-20/h4-12,14,16-17H,13,15H2,1-3H3,(H,23,27). The molecule has 1 aromatic heterocycles. The fraction of sp³-hybridized carbons (Fsp3) is 0.273. The fourth-order valence-electron chi connectivity index (χ4n) is 2.91. The number of para-hydroxylation sites is 1. The molecule has 0 aliphatic heterocycles. The third-order valence-corrected chi connectivity index (χ3v) is 4.73. The van der Waals surface area contributed by atoms with E-state index in [1.807, 2.05) is 90.5 Å². The summed E-state index contributed by atoms with van der Waals surface area (Å²) < 4.78 is 7.06. The molecule has 0 aliphatic carbocycles. The van der Waals surface area contributed by atoms with Crippen molar-refractivity contribution in [2.24, 2.45) is 0 Å². The molecular weight excluding hydrogens is 352 g/mol. The highest BCUT2D eigenvalue weighted by Gasteiger charge is 2.18. The number of nitrogens with one attached hydrogen (secondary N) is 1. The molecule has 3 aromatic rings. The quantitative estimate of drug-likeness (QED) is 0.655. The van der Waals surface area contributed by atoms with Gasteiger partial charge in [-0.1, -0.05) is 30.3 Å². The number of likely N-dealkylation sites (N-methyl/N-ethyl adjacent to an activating group) is 1. The van der Waals surface area contributed by atoms with Crippen LogP contribution in [0.4, 0.5) is 0 Å². The number of benzene rings is 2. The number of aromatic nitrogens is 2. The maximum Gasteiger partial charge on any atom is 0.237 e. The van der Waals surface area contributed by atoms with Crippen LogP contribution in [0.3, 0.4) is 0 Å². The van der Waals surface area contributed by atoms with Crippen molar-refractivity contribution in [1.29, 1.82) is 0 Å². The number of nitrogens with zero attached hydrogens (tertiary/aromatic N) is 3. The zero-order chi connectivity index (χ0) is 19.9. The van der Waals surface area contributed by atoms with Crippen molar-refractivity contribution in [1.82, 2.24) is 20.0 Å². The maximum atomic E-state index is 12.5. The molecule has 6 heteroatoms. The van der Waals surface area contributed by atoms with E-state index >= 15 is 0 Å². The second kappa shape index (κ2) is 9.19. The number of ether oxygens (including phenoxy) is 1. The maximum absolute atomic E-state index is 12.5. The van der Waals surface area contributed by atoms with Crippen molar-refractivity contribution in [2.45, 2.75) is 26.1 Å². The zero-order valence-corrected chi connectivity index (χ0v) is 16.5. The first-order valence-corrected chi connectivity index (χ1v) is 9.26. The Kier molecular flexibility index (Phi) is 6.45. The Morgan fingerprint density at radius 3 is 2.71 bits per heavy atom. The van der Waals surface area contributed by atoms with Crippen molar-refractivity contribution in [2.75, 3.05) is 14.2 Å². The number of amides is 1. The molecule has 3 rings (SSSR count). The van der Waals surface area contributed by atoms with Gasteiger partial charge in [-0.2, -0.15) is 5.10 Å². The molecule has 0 saturated heterocycles. The van der Waals surface area contributed by atoms with Crippen LogP contribution in [0.1, 0.15) is 18.1 Å². The molecule has 0 bridgehead atoms. The van der Waals surface area contributed by atoms with Crippen LogP contribution in [0.25, 0.3) is 5.69 Å². The minimum atomic E-state index is -0.259. The van der Waals surface area contributed by atoms with Crippen LogP contribution in [0.5, 0.6) is 5.75 Å². The second-order valence-corrected chi connectivity index (χ2v) is 6.79. The van der Waals surface area contributed by atoms with Crippen molar-refractivity contribution in [3.8, 4) is 11.4 Å².